The van der Waals surface area contributed by atoms with Crippen LogP contribution < -0.4 is 10.8 Å². The summed E-state index contributed by atoms with van der Waals surface area (Å²) in [6.45, 7) is 5.87. The van der Waals surface area contributed by atoms with Gasteiger partial charge in [-0.15, -0.1) is 0 Å². The topological polar surface area (TPSA) is 73.2 Å². The van der Waals surface area contributed by atoms with Gasteiger partial charge in [0.25, 0.3) is 0 Å². The van der Waals surface area contributed by atoms with Crippen molar-refractivity contribution in [1.29, 1.82) is 0 Å². The smallest absolute Gasteiger partial charge is 0.160 e. The Hall–Kier alpha value is -2.12. The van der Waals surface area contributed by atoms with Crippen molar-refractivity contribution in [2.24, 2.45) is 0 Å². The number of anilines is 1. The van der Waals surface area contributed by atoms with E-state index in [0.29, 0.717) is 6.04 Å². The van der Waals surface area contributed by atoms with E-state index in [1.54, 1.807) is 0 Å². The first-order chi connectivity index (χ1) is 13.7. The molecule has 1 saturated carbocycles. The van der Waals surface area contributed by atoms with Gasteiger partial charge in [-0.1, -0.05) is 12.8 Å². The van der Waals surface area contributed by atoms with Crippen LogP contribution in [-0.2, 0) is 9.57 Å². The predicted molar refractivity (Wildman–Crippen MR) is 109 cm³/mol. The van der Waals surface area contributed by atoms with Gasteiger partial charge in [0.05, 0.1) is 23.0 Å². The molecule has 1 saturated heterocycles. The molecule has 2 aromatic heterocycles. The van der Waals surface area contributed by atoms with Crippen molar-refractivity contribution in [3.63, 3.8) is 0 Å². The van der Waals surface area contributed by atoms with E-state index in [1.807, 2.05) is 17.1 Å². The SMILES string of the molecule is CC(C)n1ncc2c(NC3CCOCC3)c(C3=CC4(CCCC4)ON3)cnc21. The maximum absolute atomic E-state index is 6.03. The highest BCUT2D eigenvalue weighted by Crippen LogP contribution is 2.41. The standard InChI is InChI=1S/C21H29N5O2/c1-14(2)26-20-17(13-23-26)19(24-15-5-9-27-10-6-15)16(12-22-20)18-11-21(28-25-18)7-3-4-8-21/h11-15,25H,3-10H2,1-2H3,(H,22,24). The summed E-state index contributed by atoms with van der Waals surface area (Å²) < 4.78 is 7.53. The van der Waals surface area contributed by atoms with Crippen molar-refractivity contribution in [2.45, 2.75) is 70.1 Å². The highest BCUT2D eigenvalue weighted by molar-refractivity contribution is 5.95. The Labute approximate surface area is 165 Å². The second-order valence-electron chi connectivity index (χ2n) is 8.53. The first-order valence-electron chi connectivity index (χ1n) is 10.5. The van der Waals surface area contributed by atoms with Crippen LogP contribution >= 0.6 is 0 Å². The number of pyridine rings is 1. The first-order valence-corrected chi connectivity index (χ1v) is 10.5. The van der Waals surface area contributed by atoms with Crippen LogP contribution in [0.3, 0.4) is 0 Å². The van der Waals surface area contributed by atoms with E-state index in [2.05, 4.69) is 35.8 Å². The van der Waals surface area contributed by atoms with Crippen molar-refractivity contribution in [2.75, 3.05) is 18.5 Å². The number of hydrogen-bond acceptors (Lipinski definition) is 6. The number of aromatic nitrogens is 3. The maximum atomic E-state index is 6.03. The third-order valence-electron chi connectivity index (χ3n) is 6.19. The monoisotopic (exact) mass is 383 g/mol. The van der Waals surface area contributed by atoms with Crippen LogP contribution in [0.4, 0.5) is 5.69 Å². The Morgan fingerprint density at radius 1 is 1.21 bits per heavy atom. The third kappa shape index (κ3) is 3.06. The number of ether oxygens (including phenoxy) is 1. The molecule has 5 rings (SSSR count). The number of hydroxylamine groups is 1. The molecule has 0 atom stereocenters. The summed E-state index contributed by atoms with van der Waals surface area (Å²) in [6.07, 6.45) is 12.8. The molecule has 2 aromatic rings. The summed E-state index contributed by atoms with van der Waals surface area (Å²) in [5.74, 6) is 0. The zero-order valence-electron chi connectivity index (χ0n) is 16.7. The number of fused-ring (bicyclic) bond motifs is 1. The molecule has 7 nitrogen and oxygen atoms in total. The second-order valence-corrected chi connectivity index (χ2v) is 8.53. The van der Waals surface area contributed by atoms with Gasteiger partial charge in [0.15, 0.2) is 5.65 Å². The van der Waals surface area contributed by atoms with Crippen LogP contribution in [0.1, 0.15) is 64.0 Å². The van der Waals surface area contributed by atoms with Crippen LogP contribution in [0.5, 0.6) is 0 Å². The lowest BCUT2D eigenvalue weighted by atomic mass is 9.99. The van der Waals surface area contributed by atoms with Crippen molar-refractivity contribution in [3.05, 3.63) is 24.0 Å². The van der Waals surface area contributed by atoms with Gasteiger partial charge in [0, 0.05) is 37.1 Å². The van der Waals surface area contributed by atoms with E-state index in [4.69, 9.17) is 14.6 Å². The van der Waals surface area contributed by atoms with Gasteiger partial charge in [0.1, 0.15) is 5.60 Å². The van der Waals surface area contributed by atoms with Crippen molar-refractivity contribution < 1.29 is 9.57 Å². The number of hydrogen-bond donors (Lipinski definition) is 2. The molecular weight excluding hydrogens is 354 g/mol. The van der Waals surface area contributed by atoms with E-state index in [0.717, 1.165) is 66.9 Å². The summed E-state index contributed by atoms with van der Waals surface area (Å²) in [6, 6.07) is 0.657. The molecule has 28 heavy (non-hydrogen) atoms. The lowest BCUT2D eigenvalue weighted by Crippen LogP contribution is -2.28. The fraction of sp³-hybridized carbons (Fsp3) is 0.619. The predicted octanol–water partition coefficient (Wildman–Crippen LogP) is 3.79. The summed E-state index contributed by atoms with van der Waals surface area (Å²) in [5, 5.41) is 9.46. The van der Waals surface area contributed by atoms with Crippen LogP contribution in [-0.4, -0.2) is 39.6 Å². The zero-order valence-corrected chi connectivity index (χ0v) is 16.7. The normalized spacial score (nSPS) is 22.2. The number of nitrogens with zero attached hydrogens (tertiary/aromatic N) is 3. The quantitative estimate of drug-likeness (QED) is 0.837. The van der Waals surface area contributed by atoms with Gasteiger partial charge in [0.2, 0.25) is 0 Å². The molecule has 0 radical (unpaired) electrons. The summed E-state index contributed by atoms with van der Waals surface area (Å²) in [5.41, 5.74) is 7.15. The minimum absolute atomic E-state index is 0.150. The van der Waals surface area contributed by atoms with Gasteiger partial charge in [-0.2, -0.15) is 5.10 Å². The van der Waals surface area contributed by atoms with Crippen LogP contribution in [0.25, 0.3) is 16.7 Å². The molecule has 1 spiro atoms. The Morgan fingerprint density at radius 3 is 2.75 bits per heavy atom. The fourth-order valence-electron chi connectivity index (χ4n) is 4.61. The minimum Gasteiger partial charge on any atom is -0.381 e. The molecule has 0 bridgehead atoms. The van der Waals surface area contributed by atoms with Gasteiger partial charge >= 0.3 is 0 Å². The first kappa shape index (κ1) is 17.9. The van der Waals surface area contributed by atoms with E-state index < -0.39 is 0 Å². The average Bonchev–Trinajstić information content (AvgIpc) is 3.44. The highest BCUT2D eigenvalue weighted by atomic mass is 16.7. The Kier molecular flexibility index (Phi) is 4.51. The zero-order chi connectivity index (χ0) is 19.1. The van der Waals surface area contributed by atoms with Crippen molar-refractivity contribution in [1.82, 2.24) is 20.2 Å². The molecule has 150 valence electrons. The summed E-state index contributed by atoms with van der Waals surface area (Å²) >= 11 is 0. The van der Waals surface area contributed by atoms with E-state index >= 15 is 0 Å². The fourth-order valence-corrected chi connectivity index (χ4v) is 4.61. The summed E-state index contributed by atoms with van der Waals surface area (Å²) in [4.78, 5) is 10.8. The van der Waals surface area contributed by atoms with Crippen LogP contribution in [0, 0.1) is 0 Å². The molecule has 1 aliphatic carbocycles. The second kappa shape index (κ2) is 7.04. The maximum Gasteiger partial charge on any atom is 0.160 e. The van der Waals surface area contributed by atoms with E-state index in [-0.39, 0.29) is 11.6 Å². The number of nitrogens with one attached hydrogen (secondary N) is 2. The molecule has 2 N–H and O–H groups in total. The van der Waals surface area contributed by atoms with Crippen molar-refractivity contribution in [3.8, 4) is 0 Å². The van der Waals surface area contributed by atoms with Gasteiger partial charge in [-0.25, -0.2) is 9.67 Å². The Morgan fingerprint density at radius 2 is 2.00 bits per heavy atom. The minimum atomic E-state index is -0.150. The molecule has 3 aliphatic rings. The van der Waals surface area contributed by atoms with E-state index in [9.17, 15) is 0 Å². The molecule has 0 aromatic carbocycles. The molecular formula is C21H29N5O2. The summed E-state index contributed by atoms with van der Waals surface area (Å²) in [7, 11) is 0. The highest BCUT2D eigenvalue weighted by Gasteiger charge is 2.39. The lowest BCUT2D eigenvalue weighted by Gasteiger charge is -2.26. The Bertz CT molecular complexity index is 892. The molecule has 2 aliphatic heterocycles. The van der Waals surface area contributed by atoms with Crippen LogP contribution in [0.15, 0.2) is 18.5 Å². The Balaban J connectivity index is 1.58. The third-order valence-corrected chi connectivity index (χ3v) is 6.19. The number of rotatable bonds is 4. The molecule has 0 amide bonds. The molecule has 4 heterocycles. The van der Waals surface area contributed by atoms with Gasteiger partial charge in [-0.3, -0.25) is 10.3 Å². The lowest BCUT2D eigenvalue weighted by molar-refractivity contribution is -0.0289. The average molecular weight is 383 g/mol. The molecule has 0 unspecified atom stereocenters. The largest absolute Gasteiger partial charge is 0.381 e. The molecule has 2 fully saturated rings. The van der Waals surface area contributed by atoms with Gasteiger partial charge < -0.3 is 10.1 Å². The molecule has 7 heteroatoms. The van der Waals surface area contributed by atoms with E-state index in [1.165, 1.54) is 12.8 Å². The van der Waals surface area contributed by atoms with Crippen molar-refractivity contribution >= 4 is 22.4 Å². The van der Waals surface area contributed by atoms with Crippen LogP contribution in [0.2, 0.25) is 0 Å². The van der Waals surface area contributed by atoms with Gasteiger partial charge in [-0.05, 0) is 45.6 Å².